The Bertz CT molecular complexity index is 1810. The van der Waals surface area contributed by atoms with Crippen LogP contribution in [0.2, 0.25) is 0 Å². The Balaban J connectivity index is 1.24. The van der Waals surface area contributed by atoms with Crippen molar-refractivity contribution in [3.63, 3.8) is 0 Å². The van der Waals surface area contributed by atoms with Gasteiger partial charge in [-0.2, -0.15) is 0 Å². The zero-order valence-corrected chi connectivity index (χ0v) is 28.4. The highest BCUT2D eigenvalue weighted by Crippen LogP contribution is 2.33. The van der Waals surface area contributed by atoms with Gasteiger partial charge in [0.25, 0.3) is 0 Å². The summed E-state index contributed by atoms with van der Waals surface area (Å²) in [7, 11) is 1.63. The number of aliphatic hydroxyl groups is 3. The monoisotopic (exact) mass is 719 g/mol. The Morgan fingerprint density at radius 2 is 1.72 bits per heavy atom. The highest BCUT2D eigenvalue weighted by molar-refractivity contribution is 7.89. The number of anilines is 2. The van der Waals surface area contributed by atoms with E-state index in [9.17, 15) is 43.2 Å². The van der Waals surface area contributed by atoms with Crippen LogP contribution in [0.1, 0.15) is 31.2 Å². The van der Waals surface area contributed by atoms with Gasteiger partial charge in [-0.1, -0.05) is 18.2 Å². The molecule has 5 atom stereocenters. The number of carboxylic acids is 1. The molecule has 50 heavy (non-hydrogen) atoms. The lowest BCUT2D eigenvalue weighted by molar-refractivity contribution is -0.277. The number of benzene rings is 1. The molecule has 1 saturated carbocycles. The molecule has 2 amide bonds. The van der Waals surface area contributed by atoms with Crippen LogP contribution in [0.5, 0.6) is 0 Å². The van der Waals surface area contributed by atoms with Crippen LogP contribution in [-0.2, 0) is 30.8 Å². The van der Waals surface area contributed by atoms with Crippen LogP contribution in [0.3, 0.4) is 0 Å². The van der Waals surface area contributed by atoms with Crippen molar-refractivity contribution < 1.29 is 52.7 Å². The van der Waals surface area contributed by atoms with Crippen LogP contribution in [0.15, 0.2) is 42.9 Å². The van der Waals surface area contributed by atoms with Crippen molar-refractivity contribution in [2.75, 3.05) is 37.1 Å². The summed E-state index contributed by atoms with van der Waals surface area (Å²) >= 11 is 0. The van der Waals surface area contributed by atoms with Crippen molar-refractivity contribution in [2.45, 2.75) is 69.0 Å². The van der Waals surface area contributed by atoms with Gasteiger partial charge >= 0.3 is 18.1 Å². The summed E-state index contributed by atoms with van der Waals surface area (Å²) in [5.41, 5.74) is 1.12. The number of hydrogen-bond acceptors (Lipinski definition) is 13. The van der Waals surface area contributed by atoms with Gasteiger partial charge in [-0.15, -0.1) is 0 Å². The van der Waals surface area contributed by atoms with Gasteiger partial charge < -0.3 is 39.7 Å². The number of aliphatic hydroxyl groups excluding tert-OH is 3. The van der Waals surface area contributed by atoms with Gasteiger partial charge in [0.1, 0.15) is 30.5 Å². The van der Waals surface area contributed by atoms with E-state index in [1.54, 1.807) is 43.6 Å². The Morgan fingerprint density at radius 3 is 2.40 bits per heavy atom. The quantitative estimate of drug-likeness (QED) is 0.167. The summed E-state index contributed by atoms with van der Waals surface area (Å²) in [6.07, 6.45) is -4.71. The third-order valence-electron chi connectivity index (χ3n) is 9.15. The molecule has 2 fully saturated rings. The van der Waals surface area contributed by atoms with E-state index in [2.05, 4.69) is 20.0 Å². The molecule has 1 aliphatic carbocycles. The number of carboxylic acid groups (broad SMARTS) is 1. The number of nitrogens with one attached hydrogen (secondary N) is 2. The zero-order valence-electron chi connectivity index (χ0n) is 27.6. The van der Waals surface area contributed by atoms with E-state index in [1.807, 2.05) is 11.9 Å². The molecule has 0 unspecified atom stereocenters. The lowest BCUT2D eigenvalue weighted by atomic mass is 9.86. The molecule has 1 aliphatic heterocycles. The number of fused-ring (bicyclic) bond motifs is 1. The highest BCUT2D eigenvalue weighted by Gasteiger charge is 2.48. The lowest BCUT2D eigenvalue weighted by Gasteiger charge is -2.37. The predicted octanol–water partition coefficient (Wildman–Crippen LogP) is 0.516. The van der Waals surface area contributed by atoms with Gasteiger partial charge in [0.05, 0.1) is 11.1 Å². The Hall–Kier alpha value is -4.40. The van der Waals surface area contributed by atoms with Gasteiger partial charge in [-0.3, -0.25) is 9.88 Å². The van der Waals surface area contributed by atoms with Gasteiger partial charge in [-0.25, -0.2) is 37.5 Å². The number of hydrogen-bond donors (Lipinski definition) is 6. The number of sulfonamides is 1. The number of ether oxygens (including phenoxy) is 2. The van der Waals surface area contributed by atoms with E-state index in [1.165, 1.54) is 22.8 Å². The van der Waals surface area contributed by atoms with Crippen LogP contribution < -0.4 is 14.9 Å². The maximum absolute atomic E-state index is 13.7. The lowest BCUT2D eigenvalue weighted by Crippen LogP contribution is -2.60. The van der Waals surface area contributed by atoms with E-state index >= 15 is 0 Å². The molecule has 19 heteroatoms. The first kappa shape index (κ1) is 36.9. The number of rotatable bonds is 10. The molecule has 1 saturated heterocycles. The second-order valence-electron chi connectivity index (χ2n) is 12.5. The second kappa shape index (κ2) is 15.2. The number of para-hydroxylation sites is 1. The van der Waals surface area contributed by atoms with Gasteiger partial charge in [-0.05, 0) is 56.3 Å². The summed E-state index contributed by atoms with van der Waals surface area (Å²) < 4.78 is 37.8. The minimum absolute atomic E-state index is 0.0217. The van der Waals surface area contributed by atoms with Crippen molar-refractivity contribution in [3.8, 4) is 0 Å². The molecule has 0 radical (unpaired) electrons. The third-order valence-corrected chi connectivity index (χ3v) is 10.7. The molecule has 2 aromatic heterocycles. The number of carbonyl (C=O) groups is 3. The molecular formula is C31H41N7O11S. The van der Waals surface area contributed by atoms with Crippen LogP contribution in [0, 0.1) is 5.92 Å². The van der Waals surface area contributed by atoms with Crippen molar-refractivity contribution in [3.05, 3.63) is 48.4 Å². The smallest absolute Gasteiger partial charge is 0.414 e. The van der Waals surface area contributed by atoms with Crippen molar-refractivity contribution in [2.24, 2.45) is 5.92 Å². The highest BCUT2D eigenvalue weighted by atomic mass is 32.2. The van der Waals surface area contributed by atoms with Gasteiger partial charge in [0, 0.05) is 38.6 Å². The SMILES string of the molecule is CNS(=O)(=O)CC1CCC(N(C)c2ncnc3c2ccn3C(=O)N(C)Cc2ccccc2NC(=O)O[C@@H]2O[C@H](C(=O)O)[C@@H](O)[C@H](O)[C@H]2O)CC1. The fourth-order valence-electron chi connectivity index (χ4n) is 6.32. The number of aromatic nitrogens is 3. The van der Waals surface area contributed by atoms with Crippen molar-refractivity contribution in [1.29, 1.82) is 0 Å². The fraction of sp³-hybridized carbons (Fsp3) is 0.516. The molecule has 3 heterocycles. The Labute approximate surface area is 287 Å². The summed E-state index contributed by atoms with van der Waals surface area (Å²) in [4.78, 5) is 50.1. The molecule has 3 aromatic rings. The third kappa shape index (κ3) is 7.98. The molecule has 272 valence electrons. The zero-order chi connectivity index (χ0) is 36.3. The first-order valence-corrected chi connectivity index (χ1v) is 17.6. The van der Waals surface area contributed by atoms with Crippen LogP contribution in [-0.4, -0.2) is 130 Å². The van der Waals surface area contributed by atoms with E-state index < -0.39 is 58.8 Å². The first-order chi connectivity index (χ1) is 23.7. The molecule has 0 bridgehead atoms. The molecule has 2 aliphatic rings. The Kier molecular flexibility index (Phi) is 11.2. The minimum Gasteiger partial charge on any atom is -0.479 e. The second-order valence-corrected chi connectivity index (χ2v) is 14.4. The first-order valence-electron chi connectivity index (χ1n) is 15.9. The number of carbonyl (C=O) groups excluding carboxylic acids is 2. The summed E-state index contributed by atoms with van der Waals surface area (Å²) in [5, 5.41) is 42.4. The summed E-state index contributed by atoms with van der Waals surface area (Å²) in [6.45, 7) is 0.0217. The average molecular weight is 720 g/mol. The topological polar surface area (TPSA) is 246 Å². The summed E-state index contributed by atoms with van der Waals surface area (Å²) in [5.74, 6) is -0.795. The van der Waals surface area contributed by atoms with Crippen LogP contribution in [0.25, 0.3) is 11.0 Å². The van der Waals surface area contributed by atoms with Gasteiger partial charge in [0.15, 0.2) is 11.8 Å². The maximum atomic E-state index is 13.7. The van der Waals surface area contributed by atoms with Crippen LogP contribution >= 0.6 is 0 Å². The number of amides is 2. The minimum atomic E-state index is -3.28. The van der Waals surface area contributed by atoms with E-state index in [0.717, 1.165) is 25.7 Å². The Morgan fingerprint density at radius 1 is 1.02 bits per heavy atom. The average Bonchev–Trinajstić information content (AvgIpc) is 3.53. The number of aliphatic carboxylic acids is 1. The number of nitrogens with zero attached hydrogens (tertiary/aromatic N) is 5. The molecule has 18 nitrogen and oxygen atoms in total. The van der Waals surface area contributed by atoms with Gasteiger partial charge in [0.2, 0.25) is 16.3 Å². The largest absolute Gasteiger partial charge is 0.479 e. The normalized spacial score (nSPS) is 25.5. The summed E-state index contributed by atoms with van der Waals surface area (Å²) in [6, 6.07) is 7.98. The van der Waals surface area contributed by atoms with Crippen LogP contribution in [0.4, 0.5) is 21.1 Å². The molecular weight excluding hydrogens is 678 g/mol. The molecule has 5 rings (SSSR count). The molecule has 6 N–H and O–H groups in total. The predicted molar refractivity (Wildman–Crippen MR) is 178 cm³/mol. The van der Waals surface area contributed by atoms with E-state index in [4.69, 9.17) is 9.47 Å². The van der Waals surface area contributed by atoms with Crippen molar-refractivity contribution >= 4 is 50.7 Å². The molecule has 0 spiro atoms. The van der Waals surface area contributed by atoms with E-state index in [-0.39, 0.29) is 29.9 Å². The fourth-order valence-corrected chi connectivity index (χ4v) is 7.44. The molecule has 1 aromatic carbocycles. The standard InChI is InChI=1S/C31H41N7O11S/c1-32-50(46,47)15-17-8-10-19(11-9-17)37(3)26-20-12-13-38(27(20)34-16-33-26)31(45)36(2)14-18-6-4-5-7-21(18)35-30(44)49-29-24(41)22(39)23(40)25(48-29)28(42)43/h4-7,12-13,16-17,19,22-25,29,32,39-41H,8-11,14-15H2,1-3H3,(H,35,44)(H,42,43)/t17?,19?,22-,23-,24+,25-,29-/m0/s1. The van der Waals surface area contributed by atoms with E-state index in [0.29, 0.717) is 22.4 Å². The maximum Gasteiger partial charge on any atom is 0.414 e. The van der Waals surface area contributed by atoms with Crippen molar-refractivity contribution in [1.82, 2.24) is 24.2 Å².